The molecule has 0 atom stereocenters. The number of rotatable bonds is 4. The van der Waals surface area contributed by atoms with Crippen molar-refractivity contribution in [3.05, 3.63) is 44.7 Å². The van der Waals surface area contributed by atoms with E-state index >= 15 is 0 Å². The van der Waals surface area contributed by atoms with Crippen LogP contribution in [0.4, 0.5) is 0 Å². The molecular weight excluding hydrogens is 382 g/mol. The van der Waals surface area contributed by atoms with Crippen molar-refractivity contribution in [3.8, 4) is 0 Å². The van der Waals surface area contributed by atoms with Gasteiger partial charge in [-0.15, -0.1) is 0 Å². The van der Waals surface area contributed by atoms with Gasteiger partial charge in [-0.2, -0.15) is 5.10 Å². The Kier molecular flexibility index (Phi) is 5.41. The highest BCUT2D eigenvalue weighted by Crippen LogP contribution is 2.25. The number of hydrogen-bond donors (Lipinski definition) is 0. The van der Waals surface area contributed by atoms with Gasteiger partial charge in [0.05, 0.1) is 17.9 Å². The SMILES string of the molecule is O=C(c1onc2c1CCCC2)N1CCN(CCn2nc3c(cc2=O)CCCC3)CC1. The van der Waals surface area contributed by atoms with Crippen LogP contribution < -0.4 is 5.56 Å². The highest BCUT2D eigenvalue weighted by Gasteiger charge is 2.29. The first kappa shape index (κ1) is 19.5. The minimum atomic E-state index is -0.0297. The van der Waals surface area contributed by atoms with Gasteiger partial charge in [-0.05, 0) is 56.9 Å². The predicted octanol–water partition coefficient (Wildman–Crippen LogP) is 1.45. The van der Waals surface area contributed by atoms with Gasteiger partial charge in [-0.25, -0.2) is 4.68 Å². The van der Waals surface area contributed by atoms with E-state index in [-0.39, 0.29) is 11.5 Å². The second-order valence-electron chi connectivity index (χ2n) is 8.66. The van der Waals surface area contributed by atoms with E-state index in [2.05, 4.69) is 15.2 Å². The summed E-state index contributed by atoms with van der Waals surface area (Å²) in [5.41, 5.74) is 4.20. The summed E-state index contributed by atoms with van der Waals surface area (Å²) in [7, 11) is 0. The lowest BCUT2D eigenvalue weighted by Crippen LogP contribution is -2.49. The number of hydrogen-bond acceptors (Lipinski definition) is 6. The van der Waals surface area contributed by atoms with Gasteiger partial charge in [0.1, 0.15) is 0 Å². The van der Waals surface area contributed by atoms with Crippen LogP contribution in [0, 0.1) is 0 Å². The Morgan fingerprint density at radius 2 is 1.67 bits per heavy atom. The smallest absolute Gasteiger partial charge is 0.292 e. The van der Waals surface area contributed by atoms with Crippen LogP contribution in [-0.2, 0) is 32.2 Å². The van der Waals surface area contributed by atoms with Crippen molar-refractivity contribution in [2.24, 2.45) is 0 Å². The maximum atomic E-state index is 12.9. The molecule has 0 bridgehead atoms. The molecule has 3 aliphatic rings. The standard InChI is InChI=1S/C22H29N5O3/c28-20-15-16-5-1-3-7-18(16)23-27(20)14-11-25-9-12-26(13-10-25)22(29)21-17-6-2-4-8-19(17)24-30-21/h15H,1-14H2. The Morgan fingerprint density at radius 3 is 2.50 bits per heavy atom. The van der Waals surface area contributed by atoms with Crippen molar-refractivity contribution in [1.82, 2.24) is 24.7 Å². The number of amides is 1. The lowest BCUT2D eigenvalue weighted by atomic mass is 9.96. The van der Waals surface area contributed by atoms with Gasteiger partial charge in [0, 0.05) is 44.4 Å². The Morgan fingerprint density at radius 1 is 0.933 bits per heavy atom. The third kappa shape index (κ3) is 3.80. The van der Waals surface area contributed by atoms with E-state index in [4.69, 9.17) is 4.52 Å². The van der Waals surface area contributed by atoms with Crippen LogP contribution in [-0.4, -0.2) is 63.4 Å². The minimum absolute atomic E-state index is 0.000410. The first-order valence-corrected chi connectivity index (χ1v) is 11.3. The molecule has 30 heavy (non-hydrogen) atoms. The fourth-order valence-electron chi connectivity index (χ4n) is 4.87. The van der Waals surface area contributed by atoms with Crippen LogP contribution in [0.2, 0.25) is 0 Å². The summed E-state index contributed by atoms with van der Waals surface area (Å²) >= 11 is 0. The number of piperazine rings is 1. The van der Waals surface area contributed by atoms with Crippen LogP contribution in [0.5, 0.6) is 0 Å². The number of fused-ring (bicyclic) bond motifs is 2. The molecule has 8 heteroatoms. The van der Waals surface area contributed by atoms with Gasteiger partial charge in [-0.3, -0.25) is 14.5 Å². The van der Waals surface area contributed by atoms with Gasteiger partial charge < -0.3 is 9.42 Å². The van der Waals surface area contributed by atoms with Crippen LogP contribution in [0.25, 0.3) is 0 Å². The van der Waals surface area contributed by atoms with E-state index in [1.165, 1.54) is 0 Å². The zero-order valence-electron chi connectivity index (χ0n) is 17.4. The quantitative estimate of drug-likeness (QED) is 0.757. The van der Waals surface area contributed by atoms with Crippen LogP contribution in [0.1, 0.15) is 58.8 Å². The normalized spacial score (nSPS) is 19.4. The van der Waals surface area contributed by atoms with E-state index in [9.17, 15) is 9.59 Å². The van der Waals surface area contributed by atoms with Gasteiger partial charge in [0.25, 0.3) is 11.5 Å². The molecule has 0 N–H and O–H groups in total. The van der Waals surface area contributed by atoms with E-state index in [0.717, 1.165) is 93.5 Å². The summed E-state index contributed by atoms with van der Waals surface area (Å²) < 4.78 is 7.04. The summed E-state index contributed by atoms with van der Waals surface area (Å²) in [6, 6.07) is 1.77. The van der Waals surface area contributed by atoms with Gasteiger partial charge >= 0.3 is 0 Å². The molecule has 5 rings (SSSR count). The van der Waals surface area contributed by atoms with E-state index < -0.39 is 0 Å². The number of aromatic nitrogens is 3. The van der Waals surface area contributed by atoms with Crippen molar-refractivity contribution in [3.63, 3.8) is 0 Å². The lowest BCUT2D eigenvalue weighted by molar-refractivity contribution is 0.0590. The molecule has 0 spiro atoms. The van der Waals surface area contributed by atoms with Crippen LogP contribution in [0.15, 0.2) is 15.4 Å². The third-order valence-corrected chi connectivity index (χ3v) is 6.72. The molecule has 1 fully saturated rings. The molecule has 0 unspecified atom stereocenters. The van der Waals surface area contributed by atoms with Crippen LogP contribution in [0.3, 0.4) is 0 Å². The summed E-state index contributed by atoms with van der Waals surface area (Å²) in [6.07, 6.45) is 8.27. The zero-order valence-corrected chi connectivity index (χ0v) is 17.4. The molecule has 160 valence electrons. The van der Waals surface area contributed by atoms with Crippen molar-refractivity contribution >= 4 is 5.91 Å². The van der Waals surface area contributed by atoms with Crippen molar-refractivity contribution < 1.29 is 9.32 Å². The molecule has 1 amide bonds. The fourth-order valence-corrected chi connectivity index (χ4v) is 4.87. The molecule has 2 aliphatic carbocycles. The van der Waals surface area contributed by atoms with Gasteiger partial charge in [0.15, 0.2) is 0 Å². The van der Waals surface area contributed by atoms with Crippen molar-refractivity contribution in [2.45, 2.75) is 57.9 Å². The number of carbonyl (C=O) groups is 1. The zero-order chi connectivity index (χ0) is 20.5. The molecule has 2 aromatic rings. The Bertz CT molecular complexity index is 987. The van der Waals surface area contributed by atoms with E-state index in [1.54, 1.807) is 10.7 Å². The molecule has 0 aromatic carbocycles. The fraction of sp³-hybridized carbons (Fsp3) is 0.636. The summed E-state index contributed by atoms with van der Waals surface area (Å²) in [4.78, 5) is 29.5. The molecule has 3 heterocycles. The second-order valence-corrected chi connectivity index (χ2v) is 8.66. The summed E-state index contributed by atoms with van der Waals surface area (Å²) in [5, 5.41) is 8.73. The molecule has 1 aliphatic heterocycles. The lowest BCUT2D eigenvalue weighted by Gasteiger charge is -2.34. The number of nitrogens with zero attached hydrogens (tertiary/aromatic N) is 5. The number of carbonyl (C=O) groups excluding carboxylic acids is 1. The van der Waals surface area contributed by atoms with E-state index in [1.807, 2.05) is 4.90 Å². The molecular formula is C22H29N5O3. The molecule has 2 aromatic heterocycles. The second kappa shape index (κ2) is 8.34. The first-order valence-electron chi connectivity index (χ1n) is 11.3. The Balaban J connectivity index is 1.16. The maximum Gasteiger partial charge on any atom is 0.292 e. The number of aryl methyl sites for hydroxylation is 3. The monoisotopic (exact) mass is 411 g/mol. The highest BCUT2D eigenvalue weighted by molar-refractivity contribution is 5.93. The van der Waals surface area contributed by atoms with Crippen LogP contribution >= 0.6 is 0 Å². The van der Waals surface area contributed by atoms with Gasteiger partial charge in [-0.1, -0.05) is 5.16 Å². The highest BCUT2D eigenvalue weighted by atomic mass is 16.5. The average molecular weight is 412 g/mol. The minimum Gasteiger partial charge on any atom is -0.350 e. The molecule has 0 saturated carbocycles. The van der Waals surface area contributed by atoms with Gasteiger partial charge in [0.2, 0.25) is 5.76 Å². The first-order chi connectivity index (χ1) is 14.7. The summed E-state index contributed by atoms with van der Waals surface area (Å²) in [5.74, 6) is 0.417. The summed E-state index contributed by atoms with van der Waals surface area (Å²) in [6.45, 7) is 4.28. The van der Waals surface area contributed by atoms with Crippen molar-refractivity contribution in [2.75, 3.05) is 32.7 Å². The van der Waals surface area contributed by atoms with E-state index in [0.29, 0.717) is 25.4 Å². The Hall–Kier alpha value is -2.48. The largest absolute Gasteiger partial charge is 0.350 e. The predicted molar refractivity (Wildman–Crippen MR) is 111 cm³/mol. The van der Waals surface area contributed by atoms with Crippen molar-refractivity contribution in [1.29, 1.82) is 0 Å². The molecule has 0 radical (unpaired) electrons. The Labute approximate surface area is 175 Å². The topological polar surface area (TPSA) is 84.5 Å². The maximum absolute atomic E-state index is 12.9. The third-order valence-electron chi connectivity index (χ3n) is 6.72. The molecule has 8 nitrogen and oxygen atoms in total. The molecule has 1 saturated heterocycles. The average Bonchev–Trinajstić information content (AvgIpc) is 3.22.